The summed E-state index contributed by atoms with van der Waals surface area (Å²) in [5, 5.41) is 15.9. The summed E-state index contributed by atoms with van der Waals surface area (Å²) in [6.07, 6.45) is 3.48. The Morgan fingerprint density at radius 3 is 2.39 bits per heavy atom. The van der Waals surface area contributed by atoms with Gasteiger partial charge in [0.05, 0.1) is 12.3 Å². The third-order valence-corrected chi connectivity index (χ3v) is 4.52. The van der Waals surface area contributed by atoms with Crippen LogP contribution in [0.1, 0.15) is 37.8 Å². The molecule has 0 saturated heterocycles. The van der Waals surface area contributed by atoms with E-state index in [4.69, 9.17) is 0 Å². The Labute approximate surface area is 166 Å². The number of rotatable bonds is 7. The topological polar surface area (TPSA) is 83.0 Å². The Balaban J connectivity index is 1.95. The average Bonchev–Trinajstić information content (AvgIpc) is 2.68. The summed E-state index contributed by atoms with van der Waals surface area (Å²) in [6.45, 7) is 8.39. The summed E-state index contributed by atoms with van der Waals surface area (Å²) in [5.41, 5.74) is 5.29. The van der Waals surface area contributed by atoms with Gasteiger partial charge in [-0.25, -0.2) is 4.98 Å². The summed E-state index contributed by atoms with van der Waals surface area (Å²) in [7, 11) is 0. The monoisotopic (exact) mass is 377 g/mol. The largest absolute Gasteiger partial charge is 0.394 e. The minimum Gasteiger partial charge on any atom is -0.394 e. The van der Waals surface area contributed by atoms with Crippen molar-refractivity contribution in [2.24, 2.45) is 0 Å². The van der Waals surface area contributed by atoms with Crippen molar-refractivity contribution in [1.82, 2.24) is 15.0 Å². The lowest BCUT2D eigenvalue weighted by atomic mass is 9.98. The maximum Gasteiger partial charge on any atom is 0.225 e. The molecule has 0 amide bonds. The second kappa shape index (κ2) is 8.80. The van der Waals surface area contributed by atoms with E-state index >= 15 is 0 Å². The maximum absolute atomic E-state index is 9.35. The Morgan fingerprint density at radius 2 is 1.75 bits per heavy atom. The lowest BCUT2D eigenvalue weighted by Gasteiger charge is -2.15. The van der Waals surface area contributed by atoms with E-state index < -0.39 is 0 Å². The van der Waals surface area contributed by atoms with Crippen molar-refractivity contribution in [3.05, 3.63) is 59.9 Å². The van der Waals surface area contributed by atoms with E-state index in [0.29, 0.717) is 17.7 Å². The number of hydrogen-bond acceptors (Lipinski definition) is 6. The molecule has 0 aliphatic heterocycles. The molecule has 2 aromatic heterocycles. The highest BCUT2D eigenvalue weighted by Gasteiger charge is 2.10. The highest BCUT2D eigenvalue weighted by molar-refractivity contribution is 5.67. The number of nitrogens with zero attached hydrogens (tertiary/aromatic N) is 3. The SMILES string of the molecule is Cc1cc(Nc2cc(-c3ccncc3)nc(N[C@@H](C)CO)n2)ccc1C(C)C. The van der Waals surface area contributed by atoms with Crippen LogP contribution in [0.4, 0.5) is 17.5 Å². The molecule has 0 spiro atoms. The number of anilines is 3. The van der Waals surface area contributed by atoms with Crippen LogP contribution < -0.4 is 10.6 Å². The van der Waals surface area contributed by atoms with Crippen LogP contribution in [0.3, 0.4) is 0 Å². The van der Waals surface area contributed by atoms with Gasteiger partial charge in [0.15, 0.2) is 0 Å². The molecule has 6 heteroatoms. The molecule has 3 N–H and O–H groups in total. The molecule has 0 radical (unpaired) electrons. The molecular formula is C22H27N5O. The number of aliphatic hydroxyl groups excluding tert-OH is 1. The van der Waals surface area contributed by atoms with Gasteiger partial charge >= 0.3 is 0 Å². The molecule has 146 valence electrons. The molecule has 0 fully saturated rings. The van der Waals surface area contributed by atoms with E-state index in [-0.39, 0.29) is 12.6 Å². The van der Waals surface area contributed by atoms with Gasteiger partial charge in [-0.3, -0.25) is 4.98 Å². The average molecular weight is 377 g/mol. The lowest BCUT2D eigenvalue weighted by molar-refractivity contribution is 0.281. The number of pyridine rings is 1. The van der Waals surface area contributed by atoms with Gasteiger partial charge < -0.3 is 15.7 Å². The van der Waals surface area contributed by atoms with Crippen molar-refractivity contribution in [3.8, 4) is 11.3 Å². The summed E-state index contributed by atoms with van der Waals surface area (Å²) in [6, 6.07) is 11.9. The van der Waals surface area contributed by atoms with Gasteiger partial charge in [-0.05, 0) is 55.2 Å². The highest BCUT2D eigenvalue weighted by Crippen LogP contribution is 2.26. The van der Waals surface area contributed by atoms with E-state index in [0.717, 1.165) is 16.9 Å². The third kappa shape index (κ3) is 4.84. The number of aryl methyl sites for hydroxylation is 1. The molecule has 28 heavy (non-hydrogen) atoms. The zero-order valence-corrected chi connectivity index (χ0v) is 16.8. The van der Waals surface area contributed by atoms with Gasteiger partial charge in [0.1, 0.15) is 5.82 Å². The van der Waals surface area contributed by atoms with Crippen LogP contribution >= 0.6 is 0 Å². The second-order valence-electron chi connectivity index (χ2n) is 7.28. The molecule has 3 rings (SSSR count). The van der Waals surface area contributed by atoms with Crippen LogP contribution in [0.25, 0.3) is 11.3 Å². The van der Waals surface area contributed by atoms with Gasteiger partial charge in [0, 0.05) is 35.8 Å². The first-order chi connectivity index (χ1) is 13.5. The number of nitrogens with one attached hydrogen (secondary N) is 2. The first kappa shape index (κ1) is 19.8. The Kier molecular flexibility index (Phi) is 6.21. The van der Waals surface area contributed by atoms with E-state index in [2.05, 4.69) is 64.6 Å². The van der Waals surface area contributed by atoms with Crippen LogP contribution in [0.5, 0.6) is 0 Å². The van der Waals surface area contributed by atoms with Gasteiger partial charge in [-0.1, -0.05) is 19.9 Å². The summed E-state index contributed by atoms with van der Waals surface area (Å²) < 4.78 is 0. The fourth-order valence-electron chi connectivity index (χ4n) is 3.06. The van der Waals surface area contributed by atoms with Crippen LogP contribution in [-0.4, -0.2) is 32.7 Å². The minimum absolute atomic E-state index is 0.00145. The highest BCUT2D eigenvalue weighted by atomic mass is 16.3. The van der Waals surface area contributed by atoms with Crippen molar-refractivity contribution < 1.29 is 5.11 Å². The van der Waals surface area contributed by atoms with Gasteiger partial charge in [0.2, 0.25) is 5.95 Å². The van der Waals surface area contributed by atoms with Crippen molar-refractivity contribution in [2.45, 2.75) is 39.7 Å². The molecule has 6 nitrogen and oxygen atoms in total. The summed E-state index contributed by atoms with van der Waals surface area (Å²) in [5.74, 6) is 1.64. The number of aromatic nitrogens is 3. The predicted octanol–water partition coefficient (Wildman–Crippen LogP) is 4.51. The van der Waals surface area contributed by atoms with Gasteiger partial charge in [-0.15, -0.1) is 0 Å². The van der Waals surface area contributed by atoms with Crippen molar-refractivity contribution >= 4 is 17.5 Å². The maximum atomic E-state index is 9.35. The van der Waals surface area contributed by atoms with Crippen molar-refractivity contribution in [2.75, 3.05) is 17.2 Å². The fraction of sp³-hybridized carbons (Fsp3) is 0.318. The molecule has 1 atom stereocenters. The number of benzene rings is 1. The minimum atomic E-state index is -0.145. The molecule has 0 saturated carbocycles. The quantitative estimate of drug-likeness (QED) is 0.562. The smallest absolute Gasteiger partial charge is 0.225 e. The molecule has 2 heterocycles. The molecule has 3 aromatic rings. The van der Waals surface area contributed by atoms with Crippen molar-refractivity contribution in [1.29, 1.82) is 0 Å². The summed E-state index contributed by atoms with van der Waals surface area (Å²) >= 11 is 0. The molecular weight excluding hydrogens is 350 g/mol. The standard InChI is InChI=1S/C22H27N5O/c1-14(2)19-6-5-18(11-15(19)3)25-21-12-20(17-7-9-23-10-8-17)26-22(27-21)24-16(4)13-28/h5-12,14,16,28H,13H2,1-4H3,(H2,24,25,26,27)/t16-/m0/s1. The summed E-state index contributed by atoms with van der Waals surface area (Å²) in [4.78, 5) is 13.2. The lowest BCUT2D eigenvalue weighted by Crippen LogP contribution is -2.21. The first-order valence-electron chi connectivity index (χ1n) is 9.50. The van der Waals surface area contributed by atoms with E-state index in [1.54, 1.807) is 12.4 Å². The molecule has 1 aromatic carbocycles. The van der Waals surface area contributed by atoms with Gasteiger partial charge in [0.25, 0.3) is 0 Å². The van der Waals surface area contributed by atoms with E-state index in [1.807, 2.05) is 25.1 Å². The number of aliphatic hydroxyl groups is 1. The predicted molar refractivity (Wildman–Crippen MR) is 114 cm³/mol. The van der Waals surface area contributed by atoms with Crippen molar-refractivity contribution in [3.63, 3.8) is 0 Å². The molecule has 0 bridgehead atoms. The third-order valence-electron chi connectivity index (χ3n) is 4.52. The molecule has 0 aliphatic rings. The van der Waals surface area contributed by atoms with Crippen LogP contribution in [-0.2, 0) is 0 Å². The van der Waals surface area contributed by atoms with Crippen LogP contribution in [0.15, 0.2) is 48.8 Å². The Bertz CT molecular complexity index is 927. The molecule has 0 unspecified atom stereocenters. The van der Waals surface area contributed by atoms with Crippen LogP contribution in [0.2, 0.25) is 0 Å². The normalized spacial score (nSPS) is 12.1. The first-order valence-corrected chi connectivity index (χ1v) is 9.50. The Morgan fingerprint density at radius 1 is 1.00 bits per heavy atom. The molecule has 0 aliphatic carbocycles. The fourth-order valence-corrected chi connectivity index (χ4v) is 3.06. The van der Waals surface area contributed by atoms with E-state index in [9.17, 15) is 5.11 Å². The van der Waals surface area contributed by atoms with Crippen LogP contribution in [0, 0.1) is 6.92 Å². The number of hydrogen-bond donors (Lipinski definition) is 3. The second-order valence-corrected chi connectivity index (χ2v) is 7.28. The van der Waals surface area contributed by atoms with E-state index in [1.165, 1.54) is 11.1 Å². The Hall–Kier alpha value is -2.99. The van der Waals surface area contributed by atoms with Gasteiger partial charge in [-0.2, -0.15) is 4.98 Å². The zero-order chi connectivity index (χ0) is 20.1. The zero-order valence-electron chi connectivity index (χ0n) is 16.8.